The van der Waals surface area contributed by atoms with Gasteiger partial charge in [-0.1, -0.05) is 61.0 Å². The highest BCUT2D eigenvalue weighted by Crippen LogP contribution is 2.24. The van der Waals surface area contributed by atoms with Gasteiger partial charge in [0.25, 0.3) is 0 Å². The van der Waals surface area contributed by atoms with Crippen LogP contribution in [0, 0.1) is 0 Å². The highest BCUT2D eigenvalue weighted by molar-refractivity contribution is 6.30. The van der Waals surface area contributed by atoms with Crippen LogP contribution in [0.4, 0.5) is 0 Å². The normalized spacial score (nSPS) is 12.6. The maximum Gasteiger partial charge on any atom is 0.350 e. The summed E-state index contributed by atoms with van der Waals surface area (Å²) >= 11 is 5.94. The zero-order valence-corrected chi connectivity index (χ0v) is 18.6. The molecule has 5 heteroatoms. The number of ether oxygens (including phenoxy) is 3. The van der Waals surface area contributed by atoms with E-state index in [0.717, 1.165) is 22.8 Å². The lowest BCUT2D eigenvalue weighted by Crippen LogP contribution is -2.42. The first-order valence-corrected chi connectivity index (χ1v) is 10.7. The average Bonchev–Trinajstić information content (AvgIpc) is 2.80. The highest BCUT2D eigenvalue weighted by atomic mass is 35.5. The molecule has 3 aromatic rings. The second kappa shape index (κ2) is 10.9. The molecular weight excluding hydrogens is 412 g/mol. The van der Waals surface area contributed by atoms with Crippen LogP contribution >= 0.6 is 11.6 Å². The molecule has 0 saturated heterocycles. The maximum absolute atomic E-state index is 12.6. The van der Waals surface area contributed by atoms with Crippen LogP contribution < -0.4 is 9.47 Å². The molecule has 31 heavy (non-hydrogen) atoms. The van der Waals surface area contributed by atoms with Crippen molar-refractivity contribution >= 4 is 17.6 Å². The predicted molar refractivity (Wildman–Crippen MR) is 123 cm³/mol. The van der Waals surface area contributed by atoms with Crippen LogP contribution in [0.15, 0.2) is 78.9 Å². The van der Waals surface area contributed by atoms with Crippen molar-refractivity contribution in [1.82, 2.24) is 0 Å². The lowest BCUT2D eigenvalue weighted by Gasteiger charge is -2.27. The van der Waals surface area contributed by atoms with Crippen molar-refractivity contribution < 1.29 is 19.0 Å². The minimum absolute atomic E-state index is 0.159. The van der Waals surface area contributed by atoms with Gasteiger partial charge in [-0.05, 0) is 67.3 Å². The Labute approximate surface area is 188 Å². The van der Waals surface area contributed by atoms with Crippen molar-refractivity contribution in [3.05, 3.63) is 95.0 Å². The number of rotatable bonds is 10. The Morgan fingerprint density at radius 1 is 0.839 bits per heavy atom. The molecule has 0 amide bonds. The molecule has 0 aliphatic heterocycles. The van der Waals surface area contributed by atoms with E-state index in [1.54, 1.807) is 6.92 Å². The summed E-state index contributed by atoms with van der Waals surface area (Å²) in [6.07, 6.45) is 1.28. The van der Waals surface area contributed by atoms with Crippen LogP contribution in [0.25, 0.3) is 0 Å². The van der Waals surface area contributed by atoms with Gasteiger partial charge in [0.1, 0.15) is 24.7 Å². The average molecular weight is 439 g/mol. The van der Waals surface area contributed by atoms with Crippen molar-refractivity contribution in [2.75, 3.05) is 13.2 Å². The van der Waals surface area contributed by atoms with Gasteiger partial charge >= 0.3 is 5.97 Å². The molecule has 162 valence electrons. The van der Waals surface area contributed by atoms with Gasteiger partial charge in [0.05, 0.1) is 0 Å². The third kappa shape index (κ3) is 6.76. The maximum atomic E-state index is 12.6. The van der Waals surface area contributed by atoms with Gasteiger partial charge < -0.3 is 14.2 Å². The van der Waals surface area contributed by atoms with E-state index in [1.807, 2.05) is 85.8 Å². The van der Waals surface area contributed by atoms with Crippen molar-refractivity contribution in [2.45, 2.75) is 32.3 Å². The summed E-state index contributed by atoms with van der Waals surface area (Å²) in [5.74, 6) is 0.963. The third-order valence-electron chi connectivity index (χ3n) is 5.02. The minimum atomic E-state index is -1.07. The molecule has 0 heterocycles. The van der Waals surface area contributed by atoms with Crippen LogP contribution in [0.2, 0.25) is 5.02 Å². The summed E-state index contributed by atoms with van der Waals surface area (Å²) in [6, 6.07) is 25.0. The monoisotopic (exact) mass is 438 g/mol. The zero-order valence-electron chi connectivity index (χ0n) is 17.8. The number of esters is 1. The van der Waals surface area contributed by atoms with Crippen LogP contribution in [-0.2, 0) is 16.0 Å². The molecule has 0 aromatic heterocycles. The van der Waals surface area contributed by atoms with E-state index in [2.05, 4.69) is 0 Å². The number of benzene rings is 3. The fourth-order valence-corrected chi connectivity index (χ4v) is 3.12. The summed E-state index contributed by atoms with van der Waals surface area (Å²) in [5, 5.41) is 0.727. The van der Waals surface area contributed by atoms with E-state index in [9.17, 15) is 4.79 Å². The van der Waals surface area contributed by atoms with E-state index in [0.29, 0.717) is 12.2 Å². The predicted octanol–water partition coefficient (Wildman–Crippen LogP) is 6.10. The van der Waals surface area contributed by atoms with Crippen LogP contribution in [0.5, 0.6) is 11.5 Å². The molecule has 0 fully saturated rings. The first kappa shape index (κ1) is 22.7. The third-order valence-corrected chi connectivity index (χ3v) is 5.27. The van der Waals surface area contributed by atoms with Crippen molar-refractivity contribution in [2.24, 2.45) is 0 Å². The Bertz CT molecular complexity index is 955. The highest BCUT2D eigenvalue weighted by Gasteiger charge is 2.35. The second-order valence-corrected chi connectivity index (χ2v) is 7.87. The van der Waals surface area contributed by atoms with E-state index >= 15 is 0 Å². The molecule has 0 spiro atoms. The molecule has 0 saturated carbocycles. The van der Waals surface area contributed by atoms with Gasteiger partial charge in [-0.3, -0.25) is 0 Å². The molecule has 3 rings (SSSR count). The molecule has 3 aromatic carbocycles. The molecule has 1 unspecified atom stereocenters. The van der Waals surface area contributed by atoms with Gasteiger partial charge in [-0.25, -0.2) is 4.79 Å². The number of hydrogen-bond donors (Lipinski definition) is 0. The molecule has 0 bridgehead atoms. The van der Waals surface area contributed by atoms with Gasteiger partial charge in [0, 0.05) is 5.02 Å². The van der Waals surface area contributed by atoms with E-state index in [1.165, 1.54) is 5.56 Å². The zero-order chi connectivity index (χ0) is 22.1. The fraction of sp³-hybridized carbons (Fsp3) is 0.269. The van der Waals surface area contributed by atoms with Gasteiger partial charge in [-0.15, -0.1) is 0 Å². The van der Waals surface area contributed by atoms with Crippen LogP contribution in [-0.4, -0.2) is 24.8 Å². The second-order valence-electron chi connectivity index (χ2n) is 7.43. The van der Waals surface area contributed by atoms with Gasteiger partial charge in [0.2, 0.25) is 5.60 Å². The number of hydrogen-bond acceptors (Lipinski definition) is 4. The summed E-state index contributed by atoms with van der Waals surface area (Å²) < 4.78 is 17.0. The molecule has 1 atom stereocenters. The molecule has 0 radical (unpaired) electrons. The van der Waals surface area contributed by atoms with Crippen molar-refractivity contribution in [3.8, 4) is 11.5 Å². The molecule has 0 N–H and O–H groups in total. The quantitative estimate of drug-likeness (QED) is 0.283. The summed E-state index contributed by atoms with van der Waals surface area (Å²) in [4.78, 5) is 12.6. The SMILES string of the molecule is CCC(C)(Oc1ccc(Cc2ccc(Cl)cc2)cc1)C(=O)OCCOc1ccccc1. The van der Waals surface area contributed by atoms with E-state index in [-0.39, 0.29) is 13.2 Å². The minimum Gasteiger partial charge on any atom is -0.490 e. The topological polar surface area (TPSA) is 44.8 Å². The lowest BCUT2D eigenvalue weighted by atomic mass is 10.0. The Morgan fingerprint density at radius 2 is 1.45 bits per heavy atom. The molecule has 0 aliphatic carbocycles. The Morgan fingerprint density at radius 3 is 2.06 bits per heavy atom. The van der Waals surface area contributed by atoms with Crippen molar-refractivity contribution in [1.29, 1.82) is 0 Å². The first-order valence-electron chi connectivity index (χ1n) is 10.4. The van der Waals surface area contributed by atoms with Crippen LogP contribution in [0.1, 0.15) is 31.4 Å². The summed E-state index contributed by atoms with van der Waals surface area (Å²) in [5.41, 5.74) is 1.26. The van der Waals surface area contributed by atoms with E-state index < -0.39 is 11.6 Å². The van der Waals surface area contributed by atoms with Gasteiger partial charge in [-0.2, -0.15) is 0 Å². The number of carbonyl (C=O) groups is 1. The molecule has 0 aliphatic rings. The first-order chi connectivity index (χ1) is 15.0. The lowest BCUT2D eigenvalue weighted by molar-refractivity contribution is -0.161. The van der Waals surface area contributed by atoms with Gasteiger partial charge in [0.15, 0.2) is 0 Å². The standard InChI is InChI=1S/C26H27ClO4/c1-3-26(2,25(28)30-18-17-29-23-7-5-4-6-8-23)31-24-15-11-21(12-16-24)19-20-9-13-22(27)14-10-20/h4-16H,3,17-19H2,1-2H3. The smallest absolute Gasteiger partial charge is 0.350 e. The Hall–Kier alpha value is -2.98. The van der Waals surface area contributed by atoms with Crippen molar-refractivity contribution in [3.63, 3.8) is 0 Å². The number of halogens is 1. The number of para-hydroxylation sites is 1. The summed E-state index contributed by atoms with van der Waals surface area (Å²) in [6.45, 7) is 4.09. The number of carbonyl (C=O) groups excluding carboxylic acids is 1. The molecule has 4 nitrogen and oxygen atoms in total. The largest absolute Gasteiger partial charge is 0.490 e. The molecular formula is C26H27ClO4. The van der Waals surface area contributed by atoms with Crippen LogP contribution in [0.3, 0.4) is 0 Å². The summed E-state index contributed by atoms with van der Waals surface area (Å²) in [7, 11) is 0. The Kier molecular flexibility index (Phi) is 7.96. The fourth-order valence-electron chi connectivity index (χ4n) is 2.99. The van der Waals surface area contributed by atoms with E-state index in [4.69, 9.17) is 25.8 Å². The Balaban J connectivity index is 1.51.